The number of hydrogen-bond donors (Lipinski definition) is 1. The van der Waals surface area contributed by atoms with Gasteiger partial charge >= 0.3 is 6.09 Å². The molecule has 3 rings (SSSR count). The van der Waals surface area contributed by atoms with Crippen LogP contribution in [-0.4, -0.2) is 39.1 Å². The van der Waals surface area contributed by atoms with E-state index < -0.39 is 13.9 Å². The van der Waals surface area contributed by atoms with E-state index in [0.717, 1.165) is 25.3 Å². The Morgan fingerprint density at radius 2 is 1.81 bits per heavy atom. The summed E-state index contributed by atoms with van der Waals surface area (Å²) >= 11 is 0. The summed E-state index contributed by atoms with van der Waals surface area (Å²) in [6.07, 6.45) is 0.554. The molecule has 1 fully saturated rings. The van der Waals surface area contributed by atoms with Gasteiger partial charge in [0.25, 0.3) is 0 Å². The number of nitrogens with zero attached hydrogens (tertiary/aromatic N) is 1. The van der Waals surface area contributed by atoms with E-state index in [1.165, 1.54) is 16.5 Å². The Hall–Kier alpha value is -2.21. The van der Waals surface area contributed by atoms with E-state index >= 15 is 0 Å². The van der Waals surface area contributed by atoms with Crippen molar-refractivity contribution in [3.63, 3.8) is 0 Å². The van der Waals surface area contributed by atoms with Gasteiger partial charge in [-0.2, -0.15) is 0 Å². The molecule has 0 spiro atoms. The van der Waals surface area contributed by atoms with Crippen molar-refractivity contribution in [1.82, 2.24) is 5.32 Å². The number of hydrogen-bond acceptors (Lipinski definition) is 4. The third-order valence-electron chi connectivity index (χ3n) is 6.26. The van der Waals surface area contributed by atoms with Crippen LogP contribution in [0.3, 0.4) is 0 Å². The minimum absolute atomic E-state index is 0.0803. The number of benzene rings is 2. The molecule has 31 heavy (non-hydrogen) atoms. The predicted octanol–water partition coefficient (Wildman–Crippen LogP) is 6.33. The lowest BCUT2D eigenvalue weighted by Crippen LogP contribution is -2.43. The van der Waals surface area contributed by atoms with Crippen LogP contribution in [0.15, 0.2) is 36.4 Å². The number of carbonyl (C=O) groups excluding carboxylic acids is 1. The van der Waals surface area contributed by atoms with Crippen molar-refractivity contribution < 1.29 is 14.0 Å². The highest BCUT2D eigenvalue weighted by Crippen LogP contribution is 2.39. The topological polar surface area (TPSA) is 50.8 Å². The molecule has 0 bridgehead atoms. The summed E-state index contributed by atoms with van der Waals surface area (Å²) in [6, 6.07) is 12.9. The molecule has 170 valence electrons. The third kappa shape index (κ3) is 5.73. The van der Waals surface area contributed by atoms with Crippen LogP contribution in [0, 0.1) is 0 Å². The van der Waals surface area contributed by atoms with Crippen LogP contribution in [0.25, 0.3) is 10.8 Å². The van der Waals surface area contributed by atoms with Gasteiger partial charge < -0.3 is 19.4 Å². The van der Waals surface area contributed by atoms with Crippen molar-refractivity contribution in [2.24, 2.45) is 0 Å². The summed E-state index contributed by atoms with van der Waals surface area (Å²) in [5.74, 6) is 0.939. The first-order valence-corrected chi connectivity index (χ1v) is 14.1. The standard InChI is InChI=1S/C25H38N2O3Si/c1-24(2,3)29-23(28)26-19-14-15-27(17-19)22-11-9-10-18-12-13-20(16-21(18)22)30-31(7,8)25(4,5)6/h9-13,16,19H,14-15,17H2,1-8H3,(H,26,28). The Morgan fingerprint density at radius 3 is 2.45 bits per heavy atom. The second kappa shape index (κ2) is 8.38. The van der Waals surface area contributed by atoms with Crippen LogP contribution >= 0.6 is 0 Å². The number of ether oxygens (including phenoxy) is 1. The Balaban J connectivity index is 1.79. The van der Waals surface area contributed by atoms with Gasteiger partial charge in [-0.25, -0.2) is 4.79 Å². The van der Waals surface area contributed by atoms with E-state index in [1.807, 2.05) is 20.8 Å². The van der Waals surface area contributed by atoms with Gasteiger partial charge in [-0.1, -0.05) is 39.0 Å². The third-order valence-corrected chi connectivity index (χ3v) is 10.6. The minimum atomic E-state index is -1.91. The molecule has 1 aliphatic rings. The van der Waals surface area contributed by atoms with Gasteiger partial charge in [-0.05, 0) is 68.9 Å². The molecule has 1 saturated heterocycles. The summed E-state index contributed by atoms with van der Waals surface area (Å²) in [5.41, 5.74) is 0.699. The maximum Gasteiger partial charge on any atom is 0.407 e. The number of carbonyl (C=O) groups is 1. The van der Waals surface area contributed by atoms with Gasteiger partial charge in [0.1, 0.15) is 11.4 Å². The number of nitrogens with one attached hydrogen (secondary N) is 1. The first-order valence-electron chi connectivity index (χ1n) is 11.2. The van der Waals surface area contributed by atoms with E-state index in [-0.39, 0.29) is 17.2 Å². The largest absolute Gasteiger partial charge is 0.543 e. The molecule has 1 N–H and O–H groups in total. The average Bonchev–Trinajstić information content (AvgIpc) is 3.06. The van der Waals surface area contributed by atoms with Gasteiger partial charge in [-0.15, -0.1) is 0 Å². The zero-order valence-electron chi connectivity index (χ0n) is 20.3. The SMILES string of the molecule is CC(C)(C)OC(=O)NC1CCN(c2cccc3ccc(O[Si](C)(C)C(C)(C)C)cc23)C1. The minimum Gasteiger partial charge on any atom is -0.543 e. The fourth-order valence-electron chi connectivity index (χ4n) is 3.59. The van der Waals surface area contributed by atoms with Gasteiger partial charge in [0.05, 0.1) is 6.04 Å². The Morgan fingerprint density at radius 1 is 1.10 bits per heavy atom. The molecule has 1 aliphatic heterocycles. The number of amides is 1. The zero-order valence-corrected chi connectivity index (χ0v) is 21.3. The lowest BCUT2D eigenvalue weighted by molar-refractivity contribution is 0.0509. The van der Waals surface area contributed by atoms with Crippen molar-refractivity contribution in [2.75, 3.05) is 18.0 Å². The molecule has 0 aliphatic carbocycles. The van der Waals surface area contributed by atoms with E-state index in [4.69, 9.17) is 9.16 Å². The van der Waals surface area contributed by atoms with Crippen LogP contribution in [0.5, 0.6) is 5.75 Å². The Labute approximate surface area is 188 Å². The maximum atomic E-state index is 12.2. The Kier molecular flexibility index (Phi) is 6.34. The van der Waals surface area contributed by atoms with Crippen LogP contribution in [-0.2, 0) is 4.74 Å². The highest BCUT2D eigenvalue weighted by molar-refractivity contribution is 6.74. The number of alkyl carbamates (subject to hydrolysis) is 1. The van der Waals surface area contributed by atoms with Gasteiger partial charge in [-0.3, -0.25) is 0 Å². The molecule has 1 atom stereocenters. The molecular formula is C25H38N2O3Si. The first-order chi connectivity index (χ1) is 14.2. The van der Waals surface area contributed by atoms with E-state index in [9.17, 15) is 4.79 Å². The smallest absolute Gasteiger partial charge is 0.407 e. The molecule has 5 nitrogen and oxygen atoms in total. The molecule has 6 heteroatoms. The van der Waals surface area contributed by atoms with Crippen molar-refractivity contribution >= 4 is 30.9 Å². The molecule has 1 amide bonds. The lowest BCUT2D eigenvalue weighted by Gasteiger charge is -2.36. The molecule has 2 aromatic carbocycles. The fraction of sp³-hybridized carbons (Fsp3) is 0.560. The highest BCUT2D eigenvalue weighted by Gasteiger charge is 2.39. The molecule has 0 radical (unpaired) electrons. The van der Waals surface area contributed by atoms with Gasteiger partial charge in [0, 0.05) is 24.2 Å². The fourth-order valence-corrected chi connectivity index (χ4v) is 4.62. The number of anilines is 1. The second-order valence-corrected chi connectivity index (χ2v) is 15.8. The van der Waals surface area contributed by atoms with E-state index in [0.29, 0.717) is 0 Å². The Bertz CT molecular complexity index is 944. The summed E-state index contributed by atoms with van der Waals surface area (Å²) in [6.45, 7) is 18.6. The van der Waals surface area contributed by atoms with Crippen LogP contribution in [0.4, 0.5) is 10.5 Å². The van der Waals surface area contributed by atoms with Crippen molar-refractivity contribution in [2.45, 2.75) is 77.7 Å². The van der Waals surface area contributed by atoms with Crippen LogP contribution in [0.1, 0.15) is 48.0 Å². The zero-order chi connectivity index (χ0) is 23.0. The summed E-state index contributed by atoms with van der Waals surface area (Å²) in [4.78, 5) is 14.5. The van der Waals surface area contributed by atoms with Crippen molar-refractivity contribution in [1.29, 1.82) is 0 Å². The molecule has 1 heterocycles. The molecule has 0 aromatic heterocycles. The van der Waals surface area contributed by atoms with Crippen LogP contribution in [0.2, 0.25) is 18.1 Å². The molecule has 2 aromatic rings. The lowest BCUT2D eigenvalue weighted by atomic mass is 10.1. The first kappa shape index (κ1) is 23.5. The van der Waals surface area contributed by atoms with Crippen molar-refractivity contribution in [3.8, 4) is 5.75 Å². The molecule has 1 unspecified atom stereocenters. The normalized spacial score (nSPS) is 17.7. The van der Waals surface area contributed by atoms with E-state index in [1.54, 1.807) is 0 Å². The monoisotopic (exact) mass is 442 g/mol. The maximum absolute atomic E-state index is 12.2. The predicted molar refractivity (Wildman–Crippen MR) is 132 cm³/mol. The average molecular weight is 443 g/mol. The number of rotatable bonds is 4. The summed E-state index contributed by atoms with van der Waals surface area (Å²) < 4.78 is 12.0. The van der Waals surface area contributed by atoms with Gasteiger partial charge in [0.2, 0.25) is 8.32 Å². The quantitative estimate of drug-likeness (QED) is 0.562. The molecule has 0 saturated carbocycles. The van der Waals surface area contributed by atoms with Gasteiger partial charge in [0.15, 0.2) is 0 Å². The summed E-state index contributed by atoms with van der Waals surface area (Å²) in [7, 11) is -1.91. The van der Waals surface area contributed by atoms with Crippen LogP contribution < -0.4 is 14.6 Å². The highest BCUT2D eigenvalue weighted by atomic mass is 28.4. The summed E-state index contributed by atoms with van der Waals surface area (Å²) in [5, 5.41) is 5.56. The van der Waals surface area contributed by atoms with E-state index in [2.05, 4.69) is 80.5 Å². The molecular weight excluding hydrogens is 404 g/mol. The van der Waals surface area contributed by atoms with Crippen molar-refractivity contribution in [3.05, 3.63) is 36.4 Å². The number of fused-ring (bicyclic) bond motifs is 1. The second-order valence-electron chi connectivity index (χ2n) is 11.1.